The number of amides is 1. The Hall–Kier alpha value is -3.24. The summed E-state index contributed by atoms with van der Waals surface area (Å²) in [6.45, 7) is -0.0338. The standard InChI is InChI=1S/C23H18F4N2O4/c1-29(22(31)23(32)6-10-2-14(24)15(25)3-11(10)7-23)19-9-33-8-18-20(19)12-4-16(26)17(27)5-13(12)21(30)28-18/h2-5,19,32H,6-9H2,1H3,(H,28,30)/t19-/m1/s1. The fourth-order valence-electron chi connectivity index (χ4n) is 4.82. The lowest BCUT2D eigenvalue weighted by Crippen LogP contribution is -2.51. The van der Waals surface area contributed by atoms with Gasteiger partial charge in [-0.1, -0.05) is 0 Å². The van der Waals surface area contributed by atoms with Crippen LogP contribution in [0.5, 0.6) is 0 Å². The molecule has 3 aromatic rings. The Morgan fingerprint density at radius 2 is 1.58 bits per heavy atom. The molecule has 2 aromatic carbocycles. The monoisotopic (exact) mass is 462 g/mol. The number of hydrogen-bond acceptors (Lipinski definition) is 4. The van der Waals surface area contributed by atoms with E-state index in [9.17, 15) is 32.3 Å². The number of benzene rings is 2. The molecule has 1 aliphatic heterocycles. The van der Waals surface area contributed by atoms with Crippen molar-refractivity contribution in [2.45, 2.75) is 31.1 Å². The Bertz CT molecular complexity index is 1360. The van der Waals surface area contributed by atoms with Gasteiger partial charge >= 0.3 is 0 Å². The summed E-state index contributed by atoms with van der Waals surface area (Å²) < 4.78 is 60.6. The van der Waals surface area contributed by atoms with E-state index < -0.39 is 46.4 Å². The average Bonchev–Trinajstić information content (AvgIpc) is 3.10. The Morgan fingerprint density at radius 1 is 1.03 bits per heavy atom. The molecule has 0 spiro atoms. The van der Waals surface area contributed by atoms with Crippen LogP contribution in [0.1, 0.15) is 28.4 Å². The van der Waals surface area contributed by atoms with Crippen LogP contribution in [-0.4, -0.2) is 40.2 Å². The quantitative estimate of drug-likeness (QED) is 0.574. The third-order valence-electron chi connectivity index (χ3n) is 6.43. The van der Waals surface area contributed by atoms with E-state index in [2.05, 4.69) is 4.98 Å². The van der Waals surface area contributed by atoms with Gasteiger partial charge in [0.15, 0.2) is 28.9 Å². The molecule has 0 bridgehead atoms. The zero-order chi connectivity index (χ0) is 23.7. The number of halogens is 4. The average molecular weight is 462 g/mol. The number of fused-ring (bicyclic) bond motifs is 4. The van der Waals surface area contributed by atoms with Gasteiger partial charge in [-0.2, -0.15) is 0 Å². The summed E-state index contributed by atoms with van der Waals surface area (Å²) in [7, 11) is 1.41. The summed E-state index contributed by atoms with van der Waals surface area (Å²) in [4.78, 5) is 29.5. The second-order valence-corrected chi connectivity index (χ2v) is 8.53. The van der Waals surface area contributed by atoms with Gasteiger partial charge in [0.05, 0.1) is 24.6 Å². The van der Waals surface area contributed by atoms with E-state index in [1.807, 2.05) is 0 Å². The Balaban J connectivity index is 1.55. The molecule has 2 heterocycles. The van der Waals surface area contributed by atoms with Crippen LogP contribution in [-0.2, 0) is 29.0 Å². The maximum atomic E-state index is 14.1. The van der Waals surface area contributed by atoms with Crippen LogP contribution in [0.2, 0.25) is 0 Å². The number of likely N-dealkylation sites (N-methyl/N-ethyl adjacent to an activating group) is 1. The second kappa shape index (κ2) is 7.39. The third-order valence-corrected chi connectivity index (χ3v) is 6.43. The number of nitrogens with zero attached hydrogens (tertiary/aromatic N) is 1. The molecule has 172 valence electrons. The van der Waals surface area contributed by atoms with Crippen molar-refractivity contribution in [1.82, 2.24) is 9.88 Å². The van der Waals surface area contributed by atoms with Crippen molar-refractivity contribution < 1.29 is 32.2 Å². The van der Waals surface area contributed by atoms with Crippen LogP contribution in [0.25, 0.3) is 10.8 Å². The molecule has 33 heavy (non-hydrogen) atoms. The number of aromatic amines is 1. The first-order valence-electron chi connectivity index (χ1n) is 10.2. The molecule has 0 saturated heterocycles. The minimum Gasteiger partial charge on any atom is -0.379 e. The first-order valence-corrected chi connectivity index (χ1v) is 10.2. The lowest BCUT2D eigenvalue weighted by Gasteiger charge is -2.37. The van der Waals surface area contributed by atoms with E-state index >= 15 is 0 Å². The van der Waals surface area contributed by atoms with Gasteiger partial charge in [-0.05, 0) is 40.8 Å². The molecule has 6 nitrogen and oxygen atoms in total. The molecule has 5 rings (SSSR count). The number of ether oxygens (including phenoxy) is 1. The van der Waals surface area contributed by atoms with E-state index in [1.165, 1.54) is 11.9 Å². The third kappa shape index (κ3) is 3.32. The lowest BCUT2D eigenvalue weighted by atomic mass is 9.92. The summed E-state index contributed by atoms with van der Waals surface area (Å²) in [5, 5.41) is 11.2. The number of nitrogens with one attached hydrogen (secondary N) is 1. The van der Waals surface area contributed by atoms with E-state index in [0.29, 0.717) is 22.4 Å². The normalized spacial score (nSPS) is 18.8. The Morgan fingerprint density at radius 3 is 2.18 bits per heavy atom. The van der Waals surface area contributed by atoms with Crippen molar-refractivity contribution in [3.63, 3.8) is 0 Å². The van der Waals surface area contributed by atoms with Crippen molar-refractivity contribution >= 4 is 16.7 Å². The van der Waals surface area contributed by atoms with Crippen LogP contribution in [0.15, 0.2) is 29.1 Å². The minimum absolute atomic E-state index is 0.00764. The molecule has 1 atom stereocenters. The number of carbonyl (C=O) groups excluding carboxylic acids is 1. The molecule has 2 aliphatic rings. The largest absolute Gasteiger partial charge is 0.379 e. The number of hydrogen-bond donors (Lipinski definition) is 2. The summed E-state index contributed by atoms with van der Waals surface area (Å²) >= 11 is 0. The highest BCUT2D eigenvalue weighted by Gasteiger charge is 2.46. The predicted octanol–water partition coefficient (Wildman–Crippen LogP) is 2.64. The maximum absolute atomic E-state index is 14.1. The molecule has 0 unspecified atom stereocenters. The molecule has 1 aliphatic carbocycles. The van der Waals surface area contributed by atoms with Crippen molar-refractivity contribution in [2.75, 3.05) is 13.7 Å². The molecule has 2 N–H and O–H groups in total. The zero-order valence-corrected chi connectivity index (χ0v) is 17.3. The molecular formula is C23H18F4N2O4. The van der Waals surface area contributed by atoms with Crippen LogP contribution in [0.4, 0.5) is 17.6 Å². The SMILES string of the molecule is CN(C(=O)C1(O)Cc2cc(F)c(F)cc2C1)[C@@H]1COCc2[nH]c(=O)c3cc(F)c(F)cc3c21. The zero-order valence-electron chi connectivity index (χ0n) is 17.3. The molecule has 0 radical (unpaired) electrons. The van der Waals surface area contributed by atoms with Crippen molar-refractivity contribution in [2.24, 2.45) is 0 Å². The Labute approximate surface area is 184 Å². The van der Waals surface area contributed by atoms with Gasteiger partial charge in [0, 0.05) is 31.1 Å². The van der Waals surface area contributed by atoms with Gasteiger partial charge < -0.3 is 19.7 Å². The number of pyridine rings is 1. The van der Waals surface area contributed by atoms with E-state index in [0.717, 1.165) is 24.3 Å². The summed E-state index contributed by atoms with van der Waals surface area (Å²) in [6.07, 6.45) is -0.426. The van der Waals surface area contributed by atoms with Crippen molar-refractivity contribution in [3.8, 4) is 0 Å². The van der Waals surface area contributed by atoms with Crippen LogP contribution >= 0.6 is 0 Å². The van der Waals surface area contributed by atoms with Crippen molar-refractivity contribution in [1.29, 1.82) is 0 Å². The molecule has 10 heteroatoms. The lowest BCUT2D eigenvalue weighted by molar-refractivity contribution is -0.153. The summed E-state index contributed by atoms with van der Waals surface area (Å²) in [5.41, 5.74) is -1.25. The smallest absolute Gasteiger partial charge is 0.256 e. The second-order valence-electron chi connectivity index (χ2n) is 8.53. The minimum atomic E-state index is -1.95. The first kappa shape index (κ1) is 21.6. The topological polar surface area (TPSA) is 82.6 Å². The van der Waals surface area contributed by atoms with Gasteiger partial charge in [-0.15, -0.1) is 0 Å². The molecule has 0 fully saturated rings. The highest BCUT2D eigenvalue weighted by atomic mass is 19.2. The van der Waals surface area contributed by atoms with E-state index in [1.54, 1.807) is 0 Å². The van der Waals surface area contributed by atoms with Crippen LogP contribution in [0.3, 0.4) is 0 Å². The van der Waals surface area contributed by atoms with Crippen LogP contribution in [0, 0.1) is 23.3 Å². The molecule has 1 aromatic heterocycles. The number of aliphatic hydroxyl groups is 1. The fourth-order valence-corrected chi connectivity index (χ4v) is 4.82. The highest BCUT2D eigenvalue weighted by molar-refractivity contribution is 5.90. The summed E-state index contributed by atoms with van der Waals surface area (Å²) in [5.74, 6) is -5.21. The van der Waals surface area contributed by atoms with E-state index in [4.69, 9.17) is 4.74 Å². The van der Waals surface area contributed by atoms with Gasteiger partial charge in [0.1, 0.15) is 0 Å². The van der Waals surface area contributed by atoms with E-state index in [-0.39, 0.29) is 36.8 Å². The number of aromatic nitrogens is 1. The van der Waals surface area contributed by atoms with Gasteiger partial charge in [0.25, 0.3) is 11.5 Å². The fraction of sp³-hybridized carbons (Fsp3) is 0.304. The predicted molar refractivity (Wildman–Crippen MR) is 108 cm³/mol. The molecule has 1 amide bonds. The van der Waals surface area contributed by atoms with Gasteiger partial charge in [-0.3, -0.25) is 9.59 Å². The maximum Gasteiger partial charge on any atom is 0.256 e. The van der Waals surface area contributed by atoms with Gasteiger partial charge in [-0.25, -0.2) is 17.6 Å². The highest BCUT2D eigenvalue weighted by Crippen LogP contribution is 2.38. The molecular weight excluding hydrogens is 444 g/mol. The Kier molecular flexibility index (Phi) is 4.84. The number of rotatable bonds is 2. The number of H-pyrrole nitrogens is 1. The molecule has 0 saturated carbocycles. The van der Waals surface area contributed by atoms with Gasteiger partial charge in [0.2, 0.25) is 0 Å². The van der Waals surface area contributed by atoms with Crippen LogP contribution < -0.4 is 5.56 Å². The van der Waals surface area contributed by atoms with Crippen molar-refractivity contribution in [3.05, 3.63) is 80.3 Å². The number of carbonyl (C=O) groups is 1. The first-order chi connectivity index (χ1) is 15.6. The summed E-state index contributed by atoms with van der Waals surface area (Å²) in [6, 6.07) is 2.78.